The summed E-state index contributed by atoms with van der Waals surface area (Å²) in [5, 5.41) is 0.413. The lowest BCUT2D eigenvalue weighted by molar-refractivity contribution is 0.0992. The second-order valence-corrected chi connectivity index (χ2v) is 4.58. The van der Waals surface area contributed by atoms with Crippen molar-refractivity contribution in [3.63, 3.8) is 0 Å². The van der Waals surface area contributed by atoms with Gasteiger partial charge in [0.05, 0.1) is 5.02 Å². The number of hydrogen-bond acceptors (Lipinski definition) is 1. The Morgan fingerprint density at radius 3 is 2.61 bits per heavy atom. The van der Waals surface area contributed by atoms with Crippen molar-refractivity contribution in [3.05, 3.63) is 70.0 Å². The predicted molar refractivity (Wildman–Crippen MR) is 70.6 cm³/mol. The van der Waals surface area contributed by atoms with E-state index in [0.717, 1.165) is 5.56 Å². The molecule has 0 fully saturated rings. The van der Waals surface area contributed by atoms with Gasteiger partial charge in [0.1, 0.15) is 5.82 Å². The molecule has 0 spiro atoms. The maximum absolute atomic E-state index is 13.4. The molecule has 2 rings (SSSR count). The summed E-state index contributed by atoms with van der Waals surface area (Å²) in [6.07, 6.45) is 0.0233. The van der Waals surface area contributed by atoms with E-state index in [1.165, 1.54) is 6.07 Å². The molecule has 0 unspecified atom stereocenters. The van der Waals surface area contributed by atoms with Crippen molar-refractivity contribution in [2.45, 2.75) is 13.3 Å². The minimum absolute atomic E-state index is 0.0233. The topological polar surface area (TPSA) is 17.1 Å². The molecule has 0 saturated carbocycles. The second kappa shape index (κ2) is 5.32. The van der Waals surface area contributed by atoms with E-state index in [9.17, 15) is 9.18 Å². The molecule has 0 N–H and O–H groups in total. The third-order valence-corrected chi connectivity index (χ3v) is 3.05. The van der Waals surface area contributed by atoms with Crippen molar-refractivity contribution >= 4 is 17.4 Å². The Morgan fingerprint density at radius 1 is 1.22 bits per heavy atom. The fourth-order valence-electron chi connectivity index (χ4n) is 1.76. The smallest absolute Gasteiger partial charge is 0.168 e. The number of carbonyl (C=O) groups excluding carboxylic acids is 1. The zero-order valence-electron chi connectivity index (χ0n) is 9.91. The maximum atomic E-state index is 13.4. The SMILES string of the molecule is Cc1ccc(C(=O)Cc2ccccc2F)c(Cl)c1. The van der Waals surface area contributed by atoms with E-state index in [4.69, 9.17) is 11.6 Å². The normalized spacial score (nSPS) is 10.4. The molecule has 0 saturated heterocycles. The molecular weight excluding hydrogens is 251 g/mol. The van der Waals surface area contributed by atoms with Gasteiger partial charge in [0, 0.05) is 12.0 Å². The first kappa shape index (κ1) is 12.8. The van der Waals surface area contributed by atoms with Crippen LogP contribution in [-0.2, 0) is 6.42 Å². The lowest BCUT2D eigenvalue weighted by atomic mass is 10.0. The number of halogens is 2. The van der Waals surface area contributed by atoms with Crippen molar-refractivity contribution in [2.75, 3.05) is 0 Å². The van der Waals surface area contributed by atoms with Gasteiger partial charge >= 0.3 is 0 Å². The van der Waals surface area contributed by atoms with Gasteiger partial charge in [-0.1, -0.05) is 35.9 Å². The molecule has 3 heteroatoms. The van der Waals surface area contributed by atoms with E-state index in [-0.39, 0.29) is 18.0 Å². The Labute approximate surface area is 110 Å². The first-order valence-corrected chi connectivity index (χ1v) is 5.98. The number of carbonyl (C=O) groups is 1. The Balaban J connectivity index is 2.25. The van der Waals surface area contributed by atoms with E-state index in [2.05, 4.69) is 0 Å². The second-order valence-electron chi connectivity index (χ2n) is 4.17. The number of Topliss-reactive ketones (excluding diaryl/α,β-unsaturated/α-hetero) is 1. The van der Waals surface area contributed by atoms with Gasteiger partial charge in [-0.05, 0) is 36.2 Å². The van der Waals surface area contributed by atoms with Crippen LogP contribution in [0.25, 0.3) is 0 Å². The minimum atomic E-state index is -0.367. The zero-order chi connectivity index (χ0) is 13.1. The van der Waals surface area contributed by atoms with Gasteiger partial charge in [-0.3, -0.25) is 4.79 Å². The highest BCUT2D eigenvalue weighted by atomic mass is 35.5. The molecule has 0 aromatic heterocycles. The summed E-state index contributed by atoms with van der Waals surface area (Å²) in [4.78, 5) is 12.0. The van der Waals surface area contributed by atoms with E-state index < -0.39 is 0 Å². The highest BCUT2D eigenvalue weighted by Gasteiger charge is 2.13. The fraction of sp³-hybridized carbons (Fsp3) is 0.133. The maximum Gasteiger partial charge on any atom is 0.168 e. The molecule has 92 valence electrons. The van der Waals surface area contributed by atoms with E-state index in [0.29, 0.717) is 16.1 Å². The lowest BCUT2D eigenvalue weighted by Gasteiger charge is -2.05. The zero-order valence-corrected chi connectivity index (χ0v) is 10.7. The van der Waals surface area contributed by atoms with Crippen LogP contribution in [0.1, 0.15) is 21.5 Å². The molecular formula is C15H12ClFO. The van der Waals surface area contributed by atoms with Gasteiger partial charge < -0.3 is 0 Å². The largest absolute Gasteiger partial charge is 0.294 e. The van der Waals surface area contributed by atoms with Gasteiger partial charge in [-0.25, -0.2) is 4.39 Å². The van der Waals surface area contributed by atoms with E-state index in [1.807, 2.05) is 13.0 Å². The number of hydrogen-bond donors (Lipinski definition) is 0. The van der Waals surface area contributed by atoms with Crippen LogP contribution in [0.4, 0.5) is 4.39 Å². The van der Waals surface area contributed by atoms with Crippen molar-refractivity contribution in [1.82, 2.24) is 0 Å². The Kier molecular flexibility index (Phi) is 3.78. The summed E-state index contributed by atoms with van der Waals surface area (Å²) in [7, 11) is 0. The third kappa shape index (κ3) is 2.77. The molecule has 2 aromatic rings. The molecule has 0 radical (unpaired) electrons. The van der Waals surface area contributed by atoms with Gasteiger partial charge in [0.15, 0.2) is 5.78 Å². The highest BCUT2D eigenvalue weighted by Crippen LogP contribution is 2.20. The molecule has 1 nitrogen and oxygen atoms in total. The summed E-state index contributed by atoms with van der Waals surface area (Å²) in [6.45, 7) is 1.90. The highest BCUT2D eigenvalue weighted by molar-refractivity contribution is 6.34. The molecule has 0 aliphatic rings. The predicted octanol–water partition coefficient (Wildman–Crippen LogP) is 4.21. The average molecular weight is 263 g/mol. The Bertz CT molecular complexity index is 593. The van der Waals surface area contributed by atoms with Crippen LogP contribution in [0, 0.1) is 12.7 Å². The summed E-state index contributed by atoms with van der Waals surface area (Å²) in [5.41, 5.74) is 1.81. The minimum Gasteiger partial charge on any atom is -0.294 e. The first-order chi connectivity index (χ1) is 8.58. The van der Waals surface area contributed by atoms with Crippen molar-refractivity contribution in [1.29, 1.82) is 0 Å². The summed E-state index contributed by atoms with van der Waals surface area (Å²) in [6, 6.07) is 11.5. The number of rotatable bonds is 3. The van der Waals surface area contributed by atoms with Crippen molar-refractivity contribution < 1.29 is 9.18 Å². The Morgan fingerprint density at radius 2 is 1.94 bits per heavy atom. The number of benzene rings is 2. The number of aryl methyl sites for hydroxylation is 1. The molecule has 0 bridgehead atoms. The van der Waals surface area contributed by atoms with Gasteiger partial charge in [-0.15, -0.1) is 0 Å². The molecule has 0 aliphatic carbocycles. The fourth-order valence-corrected chi connectivity index (χ4v) is 2.10. The van der Waals surface area contributed by atoms with Crippen LogP contribution in [0.2, 0.25) is 5.02 Å². The van der Waals surface area contributed by atoms with Crippen LogP contribution < -0.4 is 0 Å². The third-order valence-electron chi connectivity index (χ3n) is 2.73. The Hall–Kier alpha value is -1.67. The average Bonchev–Trinajstić information content (AvgIpc) is 2.32. The summed E-state index contributed by atoms with van der Waals surface area (Å²) >= 11 is 6.02. The van der Waals surface area contributed by atoms with E-state index >= 15 is 0 Å². The van der Waals surface area contributed by atoms with Gasteiger partial charge in [0.25, 0.3) is 0 Å². The monoisotopic (exact) mass is 262 g/mol. The molecule has 0 aliphatic heterocycles. The molecule has 0 amide bonds. The lowest BCUT2D eigenvalue weighted by Crippen LogP contribution is -2.06. The quantitative estimate of drug-likeness (QED) is 0.757. The van der Waals surface area contributed by atoms with Crippen LogP contribution in [0.15, 0.2) is 42.5 Å². The van der Waals surface area contributed by atoms with Crippen molar-refractivity contribution in [2.24, 2.45) is 0 Å². The van der Waals surface area contributed by atoms with Crippen LogP contribution in [-0.4, -0.2) is 5.78 Å². The first-order valence-electron chi connectivity index (χ1n) is 5.60. The van der Waals surface area contributed by atoms with Gasteiger partial charge in [-0.2, -0.15) is 0 Å². The molecule has 0 atom stereocenters. The molecule has 2 aromatic carbocycles. The standard InChI is InChI=1S/C15H12ClFO/c1-10-6-7-12(13(16)8-10)15(18)9-11-4-2-3-5-14(11)17/h2-8H,9H2,1H3. The summed E-state index contributed by atoms with van der Waals surface area (Å²) in [5.74, 6) is -0.542. The number of ketones is 1. The van der Waals surface area contributed by atoms with Crippen LogP contribution in [0.3, 0.4) is 0 Å². The van der Waals surface area contributed by atoms with Crippen molar-refractivity contribution in [3.8, 4) is 0 Å². The van der Waals surface area contributed by atoms with Crippen LogP contribution >= 0.6 is 11.6 Å². The van der Waals surface area contributed by atoms with Crippen LogP contribution in [0.5, 0.6) is 0 Å². The molecule has 0 heterocycles. The van der Waals surface area contributed by atoms with Gasteiger partial charge in [0.2, 0.25) is 0 Å². The molecule has 18 heavy (non-hydrogen) atoms. The summed E-state index contributed by atoms with van der Waals surface area (Å²) < 4.78 is 13.4. The van der Waals surface area contributed by atoms with E-state index in [1.54, 1.807) is 30.3 Å².